The summed E-state index contributed by atoms with van der Waals surface area (Å²) in [5, 5.41) is 12.2. The van der Waals surface area contributed by atoms with E-state index in [1.807, 2.05) is 12.1 Å². The van der Waals surface area contributed by atoms with Crippen LogP contribution in [0.15, 0.2) is 24.3 Å². The molecule has 1 aliphatic rings. The number of hydrogen-bond donors (Lipinski definition) is 2. The number of benzene rings is 1. The lowest BCUT2D eigenvalue weighted by atomic mass is 9.89. The Bertz CT molecular complexity index is 458. The second-order valence-corrected chi connectivity index (χ2v) is 4.91. The van der Waals surface area contributed by atoms with Crippen molar-refractivity contribution < 1.29 is 14.7 Å². The predicted molar refractivity (Wildman–Crippen MR) is 67.6 cm³/mol. The zero-order valence-electron chi connectivity index (χ0n) is 9.73. The first-order chi connectivity index (χ1) is 8.56. The molecule has 1 heterocycles. The van der Waals surface area contributed by atoms with Gasteiger partial charge in [-0.05, 0) is 24.1 Å². The Morgan fingerprint density at radius 1 is 1.39 bits per heavy atom. The molecule has 0 aliphatic carbocycles. The Morgan fingerprint density at radius 2 is 2.06 bits per heavy atom. The maximum Gasteiger partial charge on any atom is 0.303 e. The number of hydrogen-bond acceptors (Lipinski definition) is 2. The Hall–Kier alpha value is -1.55. The van der Waals surface area contributed by atoms with Crippen LogP contribution in [0.5, 0.6) is 0 Å². The predicted octanol–water partition coefficient (Wildman–Crippen LogP) is 2.18. The highest BCUT2D eigenvalue weighted by atomic mass is 35.5. The van der Waals surface area contributed by atoms with Crippen LogP contribution >= 0.6 is 11.6 Å². The highest BCUT2D eigenvalue weighted by molar-refractivity contribution is 6.30. The summed E-state index contributed by atoms with van der Waals surface area (Å²) in [7, 11) is 0. The van der Waals surface area contributed by atoms with E-state index in [0.29, 0.717) is 17.9 Å². The van der Waals surface area contributed by atoms with Crippen molar-refractivity contribution in [2.75, 3.05) is 0 Å². The minimum Gasteiger partial charge on any atom is -0.481 e. The third-order valence-electron chi connectivity index (χ3n) is 3.20. The normalized spacial score (nSPS) is 22.8. The fraction of sp³-hybridized carbons (Fsp3) is 0.385. The lowest BCUT2D eigenvalue weighted by molar-refractivity contribution is -0.137. The van der Waals surface area contributed by atoms with Crippen LogP contribution in [0, 0.1) is 0 Å². The molecule has 1 amide bonds. The molecule has 1 saturated heterocycles. The molecule has 2 N–H and O–H groups in total. The lowest BCUT2D eigenvalue weighted by Crippen LogP contribution is -2.28. The molecule has 0 spiro atoms. The van der Waals surface area contributed by atoms with Gasteiger partial charge in [-0.3, -0.25) is 9.59 Å². The van der Waals surface area contributed by atoms with Gasteiger partial charge in [-0.2, -0.15) is 0 Å². The number of rotatable bonds is 4. The van der Waals surface area contributed by atoms with Crippen LogP contribution in [0.2, 0.25) is 5.02 Å². The average molecular weight is 268 g/mol. The number of carbonyl (C=O) groups is 2. The van der Waals surface area contributed by atoms with Crippen molar-refractivity contribution in [2.45, 2.75) is 31.2 Å². The SMILES string of the molecule is O=C(O)CCC1NC(=O)CC1c1ccc(Cl)cc1. The van der Waals surface area contributed by atoms with E-state index in [2.05, 4.69) is 5.32 Å². The highest BCUT2D eigenvalue weighted by Crippen LogP contribution is 2.31. The fourth-order valence-electron chi connectivity index (χ4n) is 2.32. The van der Waals surface area contributed by atoms with Crippen molar-refractivity contribution in [1.29, 1.82) is 0 Å². The Morgan fingerprint density at radius 3 is 2.67 bits per heavy atom. The zero-order chi connectivity index (χ0) is 13.1. The van der Waals surface area contributed by atoms with Gasteiger partial charge in [0.1, 0.15) is 0 Å². The quantitative estimate of drug-likeness (QED) is 0.879. The Labute approximate surface area is 110 Å². The zero-order valence-corrected chi connectivity index (χ0v) is 10.5. The van der Waals surface area contributed by atoms with E-state index in [4.69, 9.17) is 16.7 Å². The number of amides is 1. The molecule has 1 aliphatic heterocycles. The van der Waals surface area contributed by atoms with Crippen molar-refractivity contribution in [2.24, 2.45) is 0 Å². The van der Waals surface area contributed by atoms with Gasteiger partial charge in [0.25, 0.3) is 0 Å². The summed E-state index contributed by atoms with van der Waals surface area (Å²) in [5.74, 6) is -0.828. The van der Waals surface area contributed by atoms with Gasteiger partial charge in [-0.1, -0.05) is 23.7 Å². The van der Waals surface area contributed by atoms with Crippen LogP contribution in [-0.2, 0) is 9.59 Å². The second kappa shape index (κ2) is 5.40. The molecular formula is C13H14ClNO3. The van der Waals surface area contributed by atoms with Crippen molar-refractivity contribution in [3.8, 4) is 0 Å². The summed E-state index contributed by atoms with van der Waals surface area (Å²) in [6, 6.07) is 7.25. The topological polar surface area (TPSA) is 66.4 Å². The molecule has 0 bridgehead atoms. The van der Waals surface area contributed by atoms with Crippen LogP contribution in [0.4, 0.5) is 0 Å². The van der Waals surface area contributed by atoms with Crippen LogP contribution in [0.1, 0.15) is 30.7 Å². The maximum atomic E-state index is 11.5. The largest absolute Gasteiger partial charge is 0.481 e. The van der Waals surface area contributed by atoms with Gasteiger partial charge in [0, 0.05) is 29.8 Å². The summed E-state index contributed by atoms with van der Waals surface area (Å²) in [4.78, 5) is 22.1. The third kappa shape index (κ3) is 3.01. The van der Waals surface area contributed by atoms with E-state index >= 15 is 0 Å². The van der Waals surface area contributed by atoms with Crippen LogP contribution < -0.4 is 5.32 Å². The summed E-state index contributed by atoms with van der Waals surface area (Å²) in [5.41, 5.74) is 1.02. The minimum atomic E-state index is -0.842. The molecular weight excluding hydrogens is 254 g/mol. The molecule has 18 heavy (non-hydrogen) atoms. The van der Waals surface area contributed by atoms with Gasteiger partial charge < -0.3 is 10.4 Å². The fourth-order valence-corrected chi connectivity index (χ4v) is 2.45. The molecule has 2 unspecified atom stereocenters. The van der Waals surface area contributed by atoms with Gasteiger partial charge in [-0.15, -0.1) is 0 Å². The molecule has 0 saturated carbocycles. The summed E-state index contributed by atoms with van der Waals surface area (Å²) >= 11 is 5.83. The third-order valence-corrected chi connectivity index (χ3v) is 3.46. The van der Waals surface area contributed by atoms with Crippen LogP contribution in [-0.4, -0.2) is 23.0 Å². The number of halogens is 1. The number of carboxylic acid groups (broad SMARTS) is 1. The van der Waals surface area contributed by atoms with E-state index in [1.165, 1.54) is 0 Å². The molecule has 2 atom stereocenters. The number of nitrogens with one attached hydrogen (secondary N) is 1. The van der Waals surface area contributed by atoms with Gasteiger partial charge in [0.15, 0.2) is 0 Å². The summed E-state index contributed by atoms with van der Waals surface area (Å²) < 4.78 is 0. The molecule has 96 valence electrons. The molecule has 0 radical (unpaired) electrons. The summed E-state index contributed by atoms with van der Waals surface area (Å²) in [6.07, 6.45) is 0.926. The monoisotopic (exact) mass is 267 g/mol. The first kappa shape index (κ1) is 12.9. The van der Waals surface area contributed by atoms with Crippen molar-refractivity contribution in [1.82, 2.24) is 5.32 Å². The summed E-state index contributed by atoms with van der Waals surface area (Å²) in [6.45, 7) is 0. The lowest BCUT2D eigenvalue weighted by Gasteiger charge is -2.18. The Balaban J connectivity index is 2.11. The van der Waals surface area contributed by atoms with Crippen LogP contribution in [0.3, 0.4) is 0 Å². The number of carboxylic acids is 1. The number of carbonyl (C=O) groups excluding carboxylic acids is 1. The second-order valence-electron chi connectivity index (χ2n) is 4.47. The first-order valence-corrected chi connectivity index (χ1v) is 6.20. The molecule has 0 aromatic heterocycles. The van der Waals surface area contributed by atoms with E-state index < -0.39 is 5.97 Å². The highest BCUT2D eigenvalue weighted by Gasteiger charge is 2.33. The minimum absolute atomic E-state index is 0.0228. The molecule has 4 nitrogen and oxygen atoms in total. The molecule has 1 aromatic carbocycles. The maximum absolute atomic E-state index is 11.5. The molecule has 2 rings (SSSR count). The average Bonchev–Trinajstić information content (AvgIpc) is 2.69. The molecule has 1 aromatic rings. The Kier molecular flexibility index (Phi) is 3.87. The molecule has 1 fully saturated rings. The van der Waals surface area contributed by atoms with E-state index in [1.54, 1.807) is 12.1 Å². The van der Waals surface area contributed by atoms with Gasteiger partial charge in [0.2, 0.25) is 5.91 Å². The van der Waals surface area contributed by atoms with E-state index in [-0.39, 0.29) is 24.3 Å². The van der Waals surface area contributed by atoms with Crippen molar-refractivity contribution in [3.63, 3.8) is 0 Å². The number of aliphatic carboxylic acids is 1. The smallest absolute Gasteiger partial charge is 0.303 e. The van der Waals surface area contributed by atoms with Gasteiger partial charge >= 0.3 is 5.97 Å². The van der Waals surface area contributed by atoms with Crippen LogP contribution in [0.25, 0.3) is 0 Å². The van der Waals surface area contributed by atoms with Gasteiger partial charge in [-0.25, -0.2) is 0 Å². The van der Waals surface area contributed by atoms with Gasteiger partial charge in [0.05, 0.1) is 0 Å². The van der Waals surface area contributed by atoms with Crippen molar-refractivity contribution in [3.05, 3.63) is 34.9 Å². The first-order valence-electron chi connectivity index (χ1n) is 5.83. The van der Waals surface area contributed by atoms with E-state index in [0.717, 1.165) is 5.56 Å². The van der Waals surface area contributed by atoms with Crippen molar-refractivity contribution >= 4 is 23.5 Å². The standard InChI is InChI=1S/C13H14ClNO3/c14-9-3-1-8(2-4-9)10-7-12(16)15-11(10)5-6-13(17)18/h1-4,10-11H,5-7H2,(H,15,16)(H,17,18). The molecule has 5 heteroatoms. The van der Waals surface area contributed by atoms with E-state index in [9.17, 15) is 9.59 Å².